The van der Waals surface area contributed by atoms with Gasteiger partial charge in [0, 0.05) is 56.7 Å². The smallest absolute Gasteiger partial charge is 0.365 e. The molecule has 2 aliphatic heterocycles. The van der Waals surface area contributed by atoms with Crippen LogP contribution in [0.3, 0.4) is 0 Å². The van der Waals surface area contributed by atoms with Crippen molar-refractivity contribution in [3.8, 4) is 0 Å². The lowest BCUT2D eigenvalue weighted by Gasteiger charge is -2.49. The van der Waals surface area contributed by atoms with Crippen LogP contribution in [0.25, 0.3) is 0 Å². The van der Waals surface area contributed by atoms with Crippen LogP contribution in [-0.2, 0) is 30.4 Å². The molecule has 5 nitrogen and oxygen atoms in total. The summed E-state index contributed by atoms with van der Waals surface area (Å²) in [6.45, 7) is 2.85. The van der Waals surface area contributed by atoms with Gasteiger partial charge in [0.15, 0.2) is 0 Å². The Morgan fingerprint density at radius 2 is 1.86 bits per heavy atom. The second kappa shape index (κ2) is 10.5. The van der Waals surface area contributed by atoms with E-state index in [0.717, 1.165) is 23.0 Å². The van der Waals surface area contributed by atoms with Crippen molar-refractivity contribution in [1.29, 1.82) is 0 Å². The molecule has 0 bridgehead atoms. The van der Waals surface area contributed by atoms with Crippen molar-refractivity contribution in [2.24, 2.45) is 5.92 Å². The van der Waals surface area contributed by atoms with Gasteiger partial charge in [0.1, 0.15) is 5.82 Å². The molecule has 2 aliphatic rings. The number of fused-ring (bicyclic) bond motifs is 3. The van der Waals surface area contributed by atoms with Crippen LogP contribution >= 0.6 is 0 Å². The molecule has 194 valence electrons. The Morgan fingerprint density at radius 3 is 2.59 bits per heavy atom. The highest BCUT2D eigenvalue weighted by atomic mass is 19.4. The number of nitrogens with zero attached hydrogens (tertiary/aromatic N) is 3. The third kappa shape index (κ3) is 5.77. The predicted molar refractivity (Wildman–Crippen MR) is 132 cm³/mol. The molecular formula is C28H28F4N4O. The maximum Gasteiger partial charge on any atom is 0.416 e. The quantitative estimate of drug-likeness (QED) is 0.496. The molecule has 37 heavy (non-hydrogen) atoms. The molecule has 1 fully saturated rings. The summed E-state index contributed by atoms with van der Waals surface area (Å²) < 4.78 is 53.6. The molecule has 2 atom stereocenters. The number of benzene rings is 2. The first-order valence-corrected chi connectivity index (χ1v) is 12.4. The number of pyridine rings is 1. The summed E-state index contributed by atoms with van der Waals surface area (Å²) >= 11 is 0. The maximum atomic E-state index is 13.4. The van der Waals surface area contributed by atoms with Crippen LogP contribution in [0, 0.1) is 11.7 Å². The van der Waals surface area contributed by atoms with Gasteiger partial charge in [-0.05, 0) is 60.0 Å². The molecule has 2 aromatic carbocycles. The number of halogens is 4. The Labute approximate surface area is 213 Å². The molecule has 0 saturated carbocycles. The minimum Gasteiger partial charge on any atom is -0.365 e. The van der Waals surface area contributed by atoms with E-state index in [-0.39, 0.29) is 24.2 Å². The molecule has 3 heterocycles. The summed E-state index contributed by atoms with van der Waals surface area (Å²) in [6.07, 6.45) is -1.94. The summed E-state index contributed by atoms with van der Waals surface area (Å²) in [5.41, 5.74) is 2.43. The second-order valence-corrected chi connectivity index (χ2v) is 9.64. The van der Waals surface area contributed by atoms with Crippen molar-refractivity contribution in [3.05, 3.63) is 95.1 Å². The second-order valence-electron chi connectivity index (χ2n) is 9.64. The van der Waals surface area contributed by atoms with E-state index in [1.807, 2.05) is 18.2 Å². The molecular weight excluding hydrogens is 484 g/mol. The van der Waals surface area contributed by atoms with Crippen LogP contribution in [0.15, 0.2) is 66.9 Å². The van der Waals surface area contributed by atoms with E-state index in [1.54, 1.807) is 18.3 Å². The minimum atomic E-state index is -4.44. The van der Waals surface area contributed by atoms with Gasteiger partial charge >= 0.3 is 6.18 Å². The lowest BCUT2D eigenvalue weighted by Crippen LogP contribution is -2.61. The molecule has 0 radical (unpaired) electrons. The van der Waals surface area contributed by atoms with Crippen molar-refractivity contribution in [3.63, 3.8) is 0 Å². The van der Waals surface area contributed by atoms with Gasteiger partial charge in [0.25, 0.3) is 0 Å². The van der Waals surface area contributed by atoms with Gasteiger partial charge in [-0.1, -0.05) is 18.2 Å². The van der Waals surface area contributed by atoms with E-state index in [4.69, 9.17) is 0 Å². The molecule has 1 amide bonds. The highest BCUT2D eigenvalue weighted by molar-refractivity contribution is 5.82. The van der Waals surface area contributed by atoms with Gasteiger partial charge < -0.3 is 10.2 Å². The summed E-state index contributed by atoms with van der Waals surface area (Å²) in [7, 11) is 0. The van der Waals surface area contributed by atoms with Gasteiger partial charge in [-0.15, -0.1) is 0 Å². The molecule has 1 saturated heterocycles. The first kappa shape index (κ1) is 25.2. The number of aromatic nitrogens is 1. The van der Waals surface area contributed by atoms with Crippen LogP contribution in [0.1, 0.15) is 22.4 Å². The van der Waals surface area contributed by atoms with Crippen molar-refractivity contribution in [2.75, 3.05) is 31.1 Å². The van der Waals surface area contributed by atoms with Crippen molar-refractivity contribution < 1.29 is 22.4 Å². The first-order chi connectivity index (χ1) is 17.8. The third-order valence-electron chi connectivity index (χ3n) is 7.19. The molecule has 0 aliphatic carbocycles. The van der Waals surface area contributed by atoms with Crippen LogP contribution < -0.4 is 10.2 Å². The lowest BCUT2D eigenvalue weighted by molar-refractivity contribution is -0.137. The van der Waals surface area contributed by atoms with E-state index in [2.05, 4.69) is 20.1 Å². The maximum absolute atomic E-state index is 13.4. The molecule has 9 heteroatoms. The van der Waals surface area contributed by atoms with Crippen molar-refractivity contribution in [2.45, 2.75) is 31.6 Å². The highest BCUT2D eigenvalue weighted by Gasteiger charge is 2.42. The average molecular weight is 513 g/mol. The molecule has 5 rings (SSSR count). The summed E-state index contributed by atoms with van der Waals surface area (Å²) in [5, 5.41) is 2.99. The number of piperazine rings is 1. The summed E-state index contributed by atoms with van der Waals surface area (Å²) in [6, 6.07) is 15.6. The SMILES string of the molecule is O=C(NCCc1ccccn1)C1Cc2cc(C(F)(F)F)ccc2N2CCN(Cc3ccc(F)cc3)CC12. The number of carbonyl (C=O) groups is 1. The van der Waals surface area contributed by atoms with Crippen molar-refractivity contribution in [1.82, 2.24) is 15.2 Å². The summed E-state index contributed by atoms with van der Waals surface area (Å²) in [5.74, 6) is -0.966. The topological polar surface area (TPSA) is 48.5 Å². The largest absolute Gasteiger partial charge is 0.416 e. The van der Waals surface area contributed by atoms with Crippen LogP contribution in [0.5, 0.6) is 0 Å². The third-order valence-corrected chi connectivity index (χ3v) is 7.19. The number of anilines is 1. The van der Waals surface area contributed by atoms with E-state index in [1.165, 1.54) is 24.3 Å². The zero-order chi connectivity index (χ0) is 26.0. The Bertz CT molecular complexity index is 1230. The summed E-state index contributed by atoms with van der Waals surface area (Å²) in [4.78, 5) is 22.0. The Kier molecular flexibility index (Phi) is 7.15. The van der Waals surface area contributed by atoms with Gasteiger partial charge in [-0.25, -0.2) is 4.39 Å². The predicted octanol–water partition coefficient (Wildman–Crippen LogP) is 4.46. The van der Waals surface area contributed by atoms with E-state index in [9.17, 15) is 22.4 Å². The fourth-order valence-corrected chi connectivity index (χ4v) is 5.34. The number of carbonyl (C=O) groups excluding carboxylic acids is 1. The van der Waals surface area contributed by atoms with E-state index >= 15 is 0 Å². The Balaban J connectivity index is 1.36. The van der Waals surface area contributed by atoms with Gasteiger partial charge in [0.05, 0.1) is 17.5 Å². The lowest BCUT2D eigenvalue weighted by atomic mass is 9.82. The number of hydrogen-bond acceptors (Lipinski definition) is 4. The number of rotatable bonds is 6. The molecule has 1 N–H and O–H groups in total. The fourth-order valence-electron chi connectivity index (χ4n) is 5.34. The Morgan fingerprint density at radius 1 is 1.05 bits per heavy atom. The highest BCUT2D eigenvalue weighted by Crippen LogP contribution is 2.40. The van der Waals surface area contributed by atoms with E-state index < -0.39 is 17.7 Å². The minimum absolute atomic E-state index is 0.169. The zero-order valence-electron chi connectivity index (χ0n) is 20.2. The standard InChI is InChI=1S/C28H28F4N4O/c29-22-7-4-19(5-8-22)17-35-13-14-36-25-9-6-21(28(30,31)32)15-20(25)16-24(26(36)18-35)27(37)34-12-10-23-3-1-2-11-33-23/h1-9,11,15,24,26H,10,12-14,16-18H2,(H,34,37). The van der Waals surface area contributed by atoms with Gasteiger partial charge in [0.2, 0.25) is 5.91 Å². The number of hydrogen-bond donors (Lipinski definition) is 1. The van der Waals surface area contributed by atoms with Crippen LogP contribution in [0.4, 0.5) is 23.2 Å². The monoisotopic (exact) mass is 512 g/mol. The average Bonchev–Trinajstić information content (AvgIpc) is 2.89. The fraction of sp³-hybridized carbons (Fsp3) is 0.357. The number of nitrogens with one attached hydrogen (secondary N) is 1. The zero-order valence-corrected chi connectivity index (χ0v) is 20.2. The van der Waals surface area contributed by atoms with Gasteiger partial charge in [-0.2, -0.15) is 13.2 Å². The Hall–Kier alpha value is -3.46. The molecule has 2 unspecified atom stereocenters. The van der Waals surface area contributed by atoms with Crippen LogP contribution in [0.2, 0.25) is 0 Å². The number of alkyl halides is 3. The van der Waals surface area contributed by atoms with Gasteiger partial charge in [-0.3, -0.25) is 14.7 Å². The molecule has 1 aromatic heterocycles. The van der Waals surface area contributed by atoms with E-state index in [0.29, 0.717) is 44.7 Å². The molecule has 3 aromatic rings. The number of amides is 1. The first-order valence-electron chi connectivity index (χ1n) is 12.4. The normalized spacial score (nSPS) is 19.7. The van der Waals surface area contributed by atoms with Crippen molar-refractivity contribution >= 4 is 11.6 Å². The van der Waals surface area contributed by atoms with Crippen LogP contribution in [-0.4, -0.2) is 48.0 Å². The molecule has 0 spiro atoms.